The number of aromatic nitrogens is 4. The molecular weight excluding hydrogens is 289 g/mol. The van der Waals surface area contributed by atoms with E-state index in [-0.39, 0.29) is 23.0 Å². The average Bonchev–Trinajstić information content (AvgIpc) is 2.71. The number of hydrogen-bond acceptors (Lipinski definition) is 7. The predicted octanol–water partition coefficient (Wildman–Crippen LogP) is 0.337. The Morgan fingerprint density at radius 3 is 2.80 bits per heavy atom. The molecule has 8 nitrogen and oxygen atoms in total. The van der Waals surface area contributed by atoms with Crippen LogP contribution in [0.5, 0.6) is 6.01 Å². The van der Waals surface area contributed by atoms with Gasteiger partial charge in [-0.25, -0.2) is 13.8 Å². The summed E-state index contributed by atoms with van der Waals surface area (Å²) in [7, 11) is -3.79. The van der Waals surface area contributed by atoms with Gasteiger partial charge in [0.15, 0.2) is 5.82 Å². The van der Waals surface area contributed by atoms with Gasteiger partial charge in [0, 0.05) is 6.07 Å². The van der Waals surface area contributed by atoms with Crippen LogP contribution in [0.15, 0.2) is 18.2 Å². The highest BCUT2D eigenvalue weighted by atomic mass is 32.2. The van der Waals surface area contributed by atoms with Crippen LogP contribution in [-0.4, -0.2) is 34.3 Å². The molecule has 20 heavy (non-hydrogen) atoms. The van der Waals surface area contributed by atoms with Crippen LogP contribution in [0.2, 0.25) is 0 Å². The summed E-state index contributed by atoms with van der Waals surface area (Å²) >= 11 is 0. The smallest absolute Gasteiger partial charge is 0.338 e. The van der Waals surface area contributed by atoms with Crippen LogP contribution < -0.4 is 9.92 Å². The minimum absolute atomic E-state index is 0.0149. The largest absolute Gasteiger partial charge is 0.381 e. The van der Waals surface area contributed by atoms with Gasteiger partial charge >= 0.3 is 16.1 Å². The standard InChI is InChI=1S/C10H8FN5O3S/c1-20(17,18)19-10-15-14-9-8(12)13-6-4-5(11)2-3-7(6)16(9)10/h2-4H,1H3,(H2,12,13). The Morgan fingerprint density at radius 1 is 1.35 bits per heavy atom. The molecular formula is C10H8FN5O3S. The first-order chi connectivity index (χ1) is 9.35. The van der Waals surface area contributed by atoms with E-state index in [4.69, 9.17) is 9.92 Å². The van der Waals surface area contributed by atoms with E-state index in [0.717, 1.165) is 12.3 Å². The summed E-state index contributed by atoms with van der Waals surface area (Å²) in [6.07, 6.45) is 0.875. The van der Waals surface area contributed by atoms with Crippen molar-refractivity contribution in [3.8, 4) is 6.01 Å². The lowest BCUT2D eigenvalue weighted by Crippen LogP contribution is -2.09. The summed E-state index contributed by atoms with van der Waals surface area (Å²) in [5, 5.41) is 7.33. The third-order valence-corrected chi connectivity index (χ3v) is 2.96. The lowest BCUT2D eigenvalue weighted by Gasteiger charge is -2.05. The highest BCUT2D eigenvalue weighted by Crippen LogP contribution is 2.24. The van der Waals surface area contributed by atoms with Crippen LogP contribution in [0.3, 0.4) is 0 Å². The topological polar surface area (TPSA) is 112 Å². The minimum Gasteiger partial charge on any atom is -0.381 e. The molecule has 2 aromatic heterocycles. The number of halogens is 1. The van der Waals surface area contributed by atoms with E-state index < -0.39 is 15.9 Å². The zero-order chi connectivity index (χ0) is 14.5. The van der Waals surface area contributed by atoms with E-state index in [2.05, 4.69) is 15.2 Å². The van der Waals surface area contributed by atoms with Crippen molar-refractivity contribution in [2.24, 2.45) is 0 Å². The van der Waals surface area contributed by atoms with E-state index in [1.54, 1.807) is 0 Å². The van der Waals surface area contributed by atoms with Crippen LogP contribution in [0, 0.1) is 5.82 Å². The van der Waals surface area contributed by atoms with Crippen molar-refractivity contribution in [1.82, 2.24) is 19.6 Å². The highest BCUT2D eigenvalue weighted by Gasteiger charge is 2.17. The molecule has 104 valence electrons. The molecule has 2 heterocycles. The second kappa shape index (κ2) is 4.00. The molecule has 0 aliphatic carbocycles. The van der Waals surface area contributed by atoms with Crippen LogP contribution in [0.25, 0.3) is 16.7 Å². The van der Waals surface area contributed by atoms with Crippen molar-refractivity contribution in [3.05, 3.63) is 24.0 Å². The van der Waals surface area contributed by atoms with E-state index in [1.807, 2.05) is 0 Å². The van der Waals surface area contributed by atoms with Crippen molar-refractivity contribution >= 4 is 32.6 Å². The molecule has 2 N–H and O–H groups in total. The molecule has 0 saturated heterocycles. The van der Waals surface area contributed by atoms with Gasteiger partial charge in [-0.05, 0) is 12.1 Å². The Bertz CT molecular complexity index is 937. The van der Waals surface area contributed by atoms with Crippen LogP contribution in [0.4, 0.5) is 10.2 Å². The Balaban J connectivity index is 2.42. The van der Waals surface area contributed by atoms with E-state index >= 15 is 0 Å². The van der Waals surface area contributed by atoms with E-state index in [9.17, 15) is 12.8 Å². The molecule has 0 radical (unpaired) electrons. The average molecular weight is 297 g/mol. The van der Waals surface area contributed by atoms with Gasteiger partial charge in [-0.2, -0.15) is 8.42 Å². The molecule has 10 heteroatoms. The van der Waals surface area contributed by atoms with Gasteiger partial charge in [0.2, 0.25) is 5.65 Å². The SMILES string of the molecule is CS(=O)(=O)Oc1nnc2c(N)nc3cc(F)ccc3n12. The zero-order valence-electron chi connectivity index (χ0n) is 10.1. The number of nitrogen functional groups attached to an aromatic ring is 1. The normalized spacial score (nSPS) is 12.1. The number of fused-ring (bicyclic) bond motifs is 3. The number of nitrogens with zero attached hydrogens (tertiary/aromatic N) is 4. The molecule has 1 aromatic carbocycles. The fourth-order valence-electron chi connectivity index (χ4n) is 1.80. The number of rotatable bonds is 2. The van der Waals surface area contributed by atoms with Crippen molar-refractivity contribution in [2.45, 2.75) is 0 Å². The van der Waals surface area contributed by atoms with Crippen LogP contribution in [0.1, 0.15) is 0 Å². The number of anilines is 1. The zero-order valence-corrected chi connectivity index (χ0v) is 10.9. The van der Waals surface area contributed by atoms with E-state index in [0.29, 0.717) is 5.52 Å². The van der Waals surface area contributed by atoms with E-state index in [1.165, 1.54) is 16.5 Å². The predicted molar refractivity (Wildman–Crippen MR) is 68.1 cm³/mol. The Kier molecular flexibility index (Phi) is 2.51. The number of benzene rings is 1. The quantitative estimate of drug-likeness (QED) is 0.678. The van der Waals surface area contributed by atoms with Gasteiger partial charge < -0.3 is 9.92 Å². The monoisotopic (exact) mass is 297 g/mol. The van der Waals surface area contributed by atoms with Gasteiger partial charge in [-0.1, -0.05) is 5.10 Å². The van der Waals surface area contributed by atoms with Gasteiger partial charge in [-0.15, -0.1) is 5.10 Å². The van der Waals surface area contributed by atoms with Crippen molar-refractivity contribution in [1.29, 1.82) is 0 Å². The molecule has 0 spiro atoms. The molecule has 0 atom stereocenters. The molecule has 0 unspecified atom stereocenters. The molecule has 0 saturated carbocycles. The minimum atomic E-state index is -3.79. The van der Waals surface area contributed by atoms with Crippen LogP contribution in [-0.2, 0) is 10.1 Å². The second-order valence-corrected chi connectivity index (χ2v) is 5.63. The van der Waals surface area contributed by atoms with Crippen LogP contribution >= 0.6 is 0 Å². The molecule has 0 amide bonds. The maximum atomic E-state index is 13.2. The Labute approximate surface area is 112 Å². The van der Waals surface area contributed by atoms with Gasteiger partial charge in [0.25, 0.3) is 0 Å². The lowest BCUT2D eigenvalue weighted by molar-refractivity contribution is 0.468. The Morgan fingerprint density at radius 2 is 2.10 bits per heavy atom. The molecule has 0 fully saturated rings. The fourth-order valence-corrected chi connectivity index (χ4v) is 2.18. The summed E-state index contributed by atoms with van der Waals surface area (Å²) < 4.78 is 41.6. The Hall–Kier alpha value is -2.49. The first-order valence-electron chi connectivity index (χ1n) is 5.34. The third-order valence-electron chi connectivity index (χ3n) is 2.51. The number of nitrogens with two attached hydrogens (primary N) is 1. The van der Waals surface area contributed by atoms with Crippen molar-refractivity contribution < 1.29 is 17.0 Å². The van der Waals surface area contributed by atoms with Crippen molar-refractivity contribution in [2.75, 3.05) is 12.0 Å². The maximum absolute atomic E-state index is 13.2. The van der Waals surface area contributed by atoms with Crippen molar-refractivity contribution in [3.63, 3.8) is 0 Å². The van der Waals surface area contributed by atoms with Gasteiger partial charge in [0.05, 0.1) is 17.3 Å². The molecule has 0 aliphatic heterocycles. The summed E-state index contributed by atoms with van der Waals surface area (Å²) in [5.41, 5.74) is 6.42. The molecule has 0 aliphatic rings. The highest BCUT2D eigenvalue weighted by molar-refractivity contribution is 7.86. The molecule has 0 bridgehead atoms. The summed E-state index contributed by atoms with van der Waals surface area (Å²) in [5.74, 6) is -0.513. The summed E-state index contributed by atoms with van der Waals surface area (Å²) in [6, 6.07) is 3.48. The van der Waals surface area contributed by atoms with Gasteiger partial charge in [-0.3, -0.25) is 0 Å². The maximum Gasteiger partial charge on any atom is 0.338 e. The summed E-state index contributed by atoms with van der Waals surface area (Å²) in [4.78, 5) is 3.98. The molecule has 3 rings (SSSR count). The second-order valence-electron chi connectivity index (χ2n) is 4.06. The lowest BCUT2D eigenvalue weighted by atomic mass is 10.3. The fraction of sp³-hybridized carbons (Fsp3) is 0.100. The summed E-state index contributed by atoms with van der Waals surface area (Å²) in [6.45, 7) is 0. The number of hydrogen-bond donors (Lipinski definition) is 1. The van der Waals surface area contributed by atoms with Gasteiger partial charge in [0.1, 0.15) is 5.82 Å². The first-order valence-corrected chi connectivity index (χ1v) is 7.16. The third kappa shape index (κ3) is 1.99. The molecule has 3 aromatic rings. The first kappa shape index (κ1) is 12.5.